The first-order chi connectivity index (χ1) is 16.7. The van der Waals surface area contributed by atoms with Gasteiger partial charge in [0.15, 0.2) is 9.84 Å². The number of halogens is 1. The number of amides is 1. The lowest BCUT2D eigenvalue weighted by Gasteiger charge is -2.27. The topological polar surface area (TPSA) is 113 Å². The maximum atomic E-state index is 13.6. The van der Waals surface area contributed by atoms with Crippen LogP contribution in [-0.2, 0) is 19.4 Å². The normalized spacial score (nSPS) is 18.6. The zero-order chi connectivity index (χ0) is 25.6. The highest BCUT2D eigenvalue weighted by atomic mass is 35.5. The van der Waals surface area contributed by atoms with Crippen LogP contribution in [0.25, 0.3) is 0 Å². The summed E-state index contributed by atoms with van der Waals surface area (Å²) in [5.41, 5.74) is 0.569. The molecule has 0 spiro atoms. The van der Waals surface area contributed by atoms with Crippen molar-refractivity contribution >= 4 is 33.3 Å². The van der Waals surface area contributed by atoms with Gasteiger partial charge in [-0.05, 0) is 36.2 Å². The molecule has 2 aromatic carbocycles. The predicted molar refractivity (Wildman–Crippen MR) is 133 cm³/mol. The number of rotatable bonds is 11. The van der Waals surface area contributed by atoms with Gasteiger partial charge in [-0.3, -0.25) is 10.1 Å². The van der Waals surface area contributed by atoms with Gasteiger partial charge in [0.05, 0.1) is 5.25 Å². The number of nitrogens with zero attached hydrogens (tertiary/aromatic N) is 1. The van der Waals surface area contributed by atoms with Gasteiger partial charge in [-0.15, -0.1) is 6.58 Å². The smallest absolute Gasteiger partial charge is 0.326 e. The third-order valence-electron chi connectivity index (χ3n) is 5.70. The summed E-state index contributed by atoms with van der Waals surface area (Å²) < 4.78 is 32.6. The Kier molecular flexibility index (Phi) is 8.71. The number of benzene rings is 2. The summed E-state index contributed by atoms with van der Waals surface area (Å²) in [6, 6.07) is 10.5. The molecule has 1 saturated heterocycles. The third-order valence-corrected chi connectivity index (χ3v) is 8.12. The molecule has 0 bridgehead atoms. The molecule has 10 heteroatoms. The molecule has 0 aliphatic carbocycles. The molecule has 8 nitrogen and oxygen atoms in total. The second-order valence-electron chi connectivity index (χ2n) is 7.98. The van der Waals surface area contributed by atoms with Crippen molar-refractivity contribution in [3.63, 3.8) is 0 Å². The zero-order valence-electron chi connectivity index (χ0n) is 19.0. The van der Waals surface area contributed by atoms with E-state index in [0.29, 0.717) is 10.6 Å². The van der Waals surface area contributed by atoms with Gasteiger partial charge in [-0.25, -0.2) is 13.2 Å². The third kappa shape index (κ3) is 5.93. The molecule has 0 aromatic heterocycles. The van der Waals surface area contributed by atoms with E-state index in [-0.39, 0.29) is 36.8 Å². The number of hydrogen-bond acceptors (Lipinski definition) is 6. The number of nitrogens with one attached hydrogen (secondary N) is 1. The first kappa shape index (κ1) is 26.5. The number of carbonyl (C=O) groups excluding carboxylic acids is 1. The van der Waals surface area contributed by atoms with Crippen molar-refractivity contribution in [1.82, 2.24) is 10.2 Å². The quantitative estimate of drug-likeness (QED) is 0.439. The Bertz CT molecular complexity index is 1200. The van der Waals surface area contributed by atoms with Crippen LogP contribution in [0.5, 0.6) is 5.75 Å². The van der Waals surface area contributed by atoms with E-state index in [1.165, 1.54) is 18.2 Å². The number of carboxylic acids is 1. The fourth-order valence-corrected chi connectivity index (χ4v) is 5.96. The summed E-state index contributed by atoms with van der Waals surface area (Å²) in [4.78, 5) is 26.7. The van der Waals surface area contributed by atoms with Gasteiger partial charge in [-0.1, -0.05) is 54.6 Å². The molecule has 1 unspecified atom stereocenters. The van der Waals surface area contributed by atoms with Crippen molar-refractivity contribution in [3.8, 4) is 5.75 Å². The number of para-hydroxylation sites is 1. The number of carboxylic acid groups (broad SMARTS) is 1. The highest BCUT2D eigenvalue weighted by molar-refractivity contribution is 7.92. The standard InChI is InChI=1S/C25H27ClN2O6S/c1-3-13-27-23(17-9-11-18(26)12-10-17)24(29)28-16-19(15-20(28)25(30)31)35(32,33)22-8-6-5-7-21(22)34-14-4-2/h3-12,19-20,23,27H,1-2,13-16H2,(H,30,31)/t19-,20+,23?/m1/s1. The average molecular weight is 519 g/mol. The molecule has 1 aliphatic rings. The molecular formula is C25H27ClN2O6S. The van der Waals surface area contributed by atoms with Gasteiger partial charge in [0.1, 0.15) is 29.3 Å². The van der Waals surface area contributed by atoms with Crippen LogP contribution in [0.3, 0.4) is 0 Å². The molecule has 0 saturated carbocycles. The number of sulfone groups is 1. The van der Waals surface area contributed by atoms with Gasteiger partial charge < -0.3 is 14.7 Å². The minimum Gasteiger partial charge on any atom is -0.488 e. The Morgan fingerprint density at radius 2 is 1.86 bits per heavy atom. The van der Waals surface area contributed by atoms with Gasteiger partial charge in [0, 0.05) is 18.1 Å². The number of aliphatic carboxylic acids is 1. The van der Waals surface area contributed by atoms with Crippen LogP contribution in [0.2, 0.25) is 5.02 Å². The molecule has 3 rings (SSSR count). The van der Waals surface area contributed by atoms with Crippen molar-refractivity contribution < 1.29 is 27.9 Å². The lowest BCUT2D eigenvalue weighted by Crippen LogP contribution is -2.46. The average Bonchev–Trinajstić information content (AvgIpc) is 3.31. The van der Waals surface area contributed by atoms with Crippen LogP contribution in [0.1, 0.15) is 18.0 Å². The second kappa shape index (κ2) is 11.5. The Labute approximate surface area is 209 Å². The van der Waals surface area contributed by atoms with Crippen LogP contribution < -0.4 is 10.1 Å². The van der Waals surface area contributed by atoms with Crippen molar-refractivity contribution in [2.45, 2.75) is 28.6 Å². The van der Waals surface area contributed by atoms with Crippen LogP contribution in [-0.4, -0.2) is 61.3 Å². The van der Waals surface area contributed by atoms with Gasteiger partial charge in [0.25, 0.3) is 0 Å². The van der Waals surface area contributed by atoms with Gasteiger partial charge in [-0.2, -0.15) is 0 Å². The monoisotopic (exact) mass is 518 g/mol. The van der Waals surface area contributed by atoms with Crippen molar-refractivity contribution in [2.24, 2.45) is 0 Å². The summed E-state index contributed by atoms with van der Waals surface area (Å²) in [7, 11) is -4.02. The fourth-order valence-electron chi connectivity index (χ4n) is 4.00. The van der Waals surface area contributed by atoms with E-state index >= 15 is 0 Å². The minimum atomic E-state index is -4.02. The Morgan fingerprint density at radius 3 is 2.49 bits per heavy atom. The van der Waals surface area contributed by atoms with E-state index in [4.69, 9.17) is 16.3 Å². The second-order valence-corrected chi connectivity index (χ2v) is 10.6. The van der Waals surface area contributed by atoms with Crippen molar-refractivity contribution in [2.75, 3.05) is 19.7 Å². The molecule has 0 radical (unpaired) electrons. The first-order valence-electron chi connectivity index (χ1n) is 10.9. The number of ether oxygens (including phenoxy) is 1. The van der Waals surface area contributed by atoms with E-state index in [2.05, 4.69) is 18.5 Å². The summed E-state index contributed by atoms with van der Waals surface area (Å²) in [5, 5.41) is 12.2. The van der Waals surface area contributed by atoms with E-state index in [0.717, 1.165) is 4.90 Å². The number of likely N-dealkylation sites (tertiary alicyclic amines) is 1. The molecule has 1 aliphatic heterocycles. The van der Waals surface area contributed by atoms with E-state index in [9.17, 15) is 23.1 Å². The summed E-state index contributed by atoms with van der Waals surface area (Å²) >= 11 is 5.97. The molecule has 1 fully saturated rings. The molecule has 2 N–H and O–H groups in total. The van der Waals surface area contributed by atoms with Crippen LogP contribution in [0.4, 0.5) is 0 Å². The summed E-state index contributed by atoms with van der Waals surface area (Å²) in [5.74, 6) is -1.67. The predicted octanol–water partition coefficient (Wildman–Crippen LogP) is 3.25. The van der Waals surface area contributed by atoms with Crippen molar-refractivity contribution in [1.29, 1.82) is 0 Å². The highest BCUT2D eigenvalue weighted by Gasteiger charge is 2.47. The molecular weight excluding hydrogens is 492 g/mol. The highest BCUT2D eigenvalue weighted by Crippen LogP contribution is 2.34. The molecule has 1 heterocycles. The number of hydrogen-bond donors (Lipinski definition) is 2. The zero-order valence-corrected chi connectivity index (χ0v) is 20.5. The Balaban J connectivity index is 1.94. The SMILES string of the molecule is C=CCNC(C(=O)N1C[C@H](S(=O)(=O)c2ccccc2OCC=C)C[C@H]1C(=O)O)c1ccc(Cl)cc1. The fraction of sp³-hybridized carbons (Fsp3) is 0.280. The van der Waals surface area contributed by atoms with Gasteiger partial charge >= 0.3 is 5.97 Å². The maximum Gasteiger partial charge on any atom is 0.326 e. The molecule has 35 heavy (non-hydrogen) atoms. The minimum absolute atomic E-state index is 0.0516. The maximum absolute atomic E-state index is 13.6. The van der Waals surface area contributed by atoms with E-state index in [1.807, 2.05) is 0 Å². The molecule has 2 aromatic rings. The number of carbonyl (C=O) groups is 2. The van der Waals surface area contributed by atoms with Crippen LogP contribution in [0.15, 0.2) is 78.7 Å². The van der Waals surface area contributed by atoms with E-state index in [1.54, 1.807) is 42.5 Å². The summed E-state index contributed by atoms with van der Waals surface area (Å²) in [6.07, 6.45) is 2.82. The Morgan fingerprint density at radius 1 is 1.17 bits per heavy atom. The van der Waals surface area contributed by atoms with Crippen LogP contribution in [0, 0.1) is 0 Å². The molecule has 3 atom stereocenters. The first-order valence-corrected chi connectivity index (χ1v) is 12.8. The molecule has 186 valence electrons. The Hall–Kier alpha value is -3.14. The molecule has 1 amide bonds. The van der Waals surface area contributed by atoms with E-state index < -0.39 is 39.0 Å². The largest absolute Gasteiger partial charge is 0.488 e. The van der Waals surface area contributed by atoms with Crippen molar-refractivity contribution in [3.05, 3.63) is 84.4 Å². The summed E-state index contributed by atoms with van der Waals surface area (Å²) in [6.45, 7) is 7.33. The lowest BCUT2D eigenvalue weighted by atomic mass is 10.0. The lowest BCUT2D eigenvalue weighted by molar-refractivity contribution is -0.149. The van der Waals surface area contributed by atoms with Crippen LogP contribution >= 0.6 is 11.6 Å². The van der Waals surface area contributed by atoms with Gasteiger partial charge in [0.2, 0.25) is 5.91 Å².